The Bertz CT molecular complexity index is 1380. The Morgan fingerprint density at radius 1 is 0.656 bits per heavy atom. The highest BCUT2D eigenvalue weighted by molar-refractivity contribution is 7.93. The summed E-state index contributed by atoms with van der Waals surface area (Å²) in [5.74, 6) is 0.0448. The molecule has 0 amide bonds. The van der Waals surface area contributed by atoms with E-state index in [-0.39, 0.29) is 21.4 Å². The minimum atomic E-state index is -3.93. The summed E-state index contributed by atoms with van der Waals surface area (Å²) >= 11 is 0. The number of nitrogens with zero attached hydrogens (tertiary/aromatic N) is 1. The molecule has 2 aromatic carbocycles. The van der Waals surface area contributed by atoms with Crippen LogP contribution in [0.4, 0.5) is 11.6 Å². The number of hydrogen-bond acceptors (Lipinski definition) is 6. The molecule has 0 atom stereocenters. The van der Waals surface area contributed by atoms with Crippen molar-refractivity contribution in [2.24, 2.45) is 0 Å². The summed E-state index contributed by atoms with van der Waals surface area (Å²) in [6.07, 6.45) is 0. The number of aromatic nitrogens is 1. The van der Waals surface area contributed by atoms with Crippen molar-refractivity contribution in [2.45, 2.75) is 58.3 Å². The molecule has 10 heteroatoms. The Morgan fingerprint density at radius 3 is 1.62 bits per heavy atom. The third kappa shape index (κ3) is 4.24. The smallest absolute Gasteiger partial charge is 0.264 e. The Morgan fingerprint density at radius 2 is 1.16 bits per heavy atom. The number of sulfonamides is 2. The van der Waals surface area contributed by atoms with E-state index in [2.05, 4.69) is 14.6 Å². The van der Waals surface area contributed by atoms with Crippen molar-refractivity contribution in [3.63, 3.8) is 0 Å². The molecule has 0 bridgehead atoms. The molecule has 0 saturated carbocycles. The van der Waals surface area contributed by atoms with Crippen molar-refractivity contribution in [3.05, 3.63) is 63.3 Å². The molecule has 0 spiro atoms. The topological polar surface area (TPSA) is 118 Å². The van der Waals surface area contributed by atoms with Gasteiger partial charge in [0.25, 0.3) is 20.0 Å². The number of hydrogen-bond donors (Lipinski definition) is 2. The van der Waals surface area contributed by atoms with Crippen LogP contribution in [0.1, 0.15) is 39.1 Å². The largest absolute Gasteiger partial charge is 0.337 e. The first-order valence-corrected chi connectivity index (χ1v) is 12.9. The average Bonchev–Trinajstić information content (AvgIpc) is 3.02. The number of benzene rings is 2. The van der Waals surface area contributed by atoms with E-state index in [0.717, 1.165) is 16.7 Å². The highest BCUT2D eigenvalue weighted by Crippen LogP contribution is 2.31. The minimum Gasteiger partial charge on any atom is -0.337 e. The van der Waals surface area contributed by atoms with Gasteiger partial charge in [-0.05, 0) is 101 Å². The number of nitrogens with one attached hydrogen (secondary N) is 2. The van der Waals surface area contributed by atoms with E-state index in [1.165, 1.54) is 24.3 Å². The van der Waals surface area contributed by atoms with Crippen molar-refractivity contribution < 1.29 is 21.4 Å². The average molecular weight is 478 g/mol. The minimum absolute atomic E-state index is 0.0386. The molecule has 3 aromatic rings. The van der Waals surface area contributed by atoms with E-state index in [1.807, 2.05) is 20.8 Å². The van der Waals surface area contributed by atoms with Crippen molar-refractivity contribution in [1.29, 1.82) is 0 Å². The SMILES string of the molecule is Cc1noc(NS(=O)(=O)c2ccc(NS(=O)(=O)c3c(C)c(C)c(C)c(C)c3C)cc2)c1C. The molecule has 0 aliphatic carbocycles. The van der Waals surface area contributed by atoms with E-state index in [9.17, 15) is 16.8 Å². The summed E-state index contributed by atoms with van der Waals surface area (Å²) in [7, 11) is -7.80. The van der Waals surface area contributed by atoms with Gasteiger partial charge in [0.1, 0.15) is 0 Å². The summed E-state index contributed by atoms with van der Waals surface area (Å²) in [5, 5.41) is 3.73. The molecule has 0 aliphatic rings. The third-order valence-electron chi connectivity index (χ3n) is 6.00. The quantitative estimate of drug-likeness (QED) is 0.542. The molecule has 3 rings (SSSR count). The summed E-state index contributed by atoms with van der Waals surface area (Å²) < 4.78 is 61.5. The van der Waals surface area contributed by atoms with Gasteiger partial charge in [-0.3, -0.25) is 4.72 Å². The Hall–Kier alpha value is -2.85. The van der Waals surface area contributed by atoms with Gasteiger partial charge in [-0.25, -0.2) is 21.6 Å². The zero-order valence-corrected chi connectivity index (χ0v) is 20.7. The molecule has 1 aromatic heterocycles. The maximum absolute atomic E-state index is 13.2. The zero-order chi connectivity index (χ0) is 24.0. The first-order valence-electron chi connectivity index (χ1n) is 9.91. The molecule has 2 N–H and O–H groups in total. The highest BCUT2D eigenvalue weighted by Gasteiger charge is 2.24. The maximum Gasteiger partial charge on any atom is 0.264 e. The summed E-state index contributed by atoms with van der Waals surface area (Å²) in [6, 6.07) is 5.46. The fourth-order valence-corrected chi connectivity index (χ4v) is 6.18. The molecule has 0 radical (unpaired) electrons. The van der Waals surface area contributed by atoms with Crippen LogP contribution in [-0.2, 0) is 20.0 Å². The molecule has 0 aliphatic heterocycles. The Kier molecular flexibility index (Phi) is 6.14. The van der Waals surface area contributed by atoms with Gasteiger partial charge in [-0.2, -0.15) is 0 Å². The molecule has 0 saturated heterocycles. The van der Waals surface area contributed by atoms with Gasteiger partial charge in [0.15, 0.2) is 0 Å². The van der Waals surface area contributed by atoms with Crippen LogP contribution >= 0.6 is 0 Å². The highest BCUT2D eigenvalue weighted by atomic mass is 32.2. The van der Waals surface area contributed by atoms with Crippen LogP contribution < -0.4 is 9.44 Å². The molecular weight excluding hydrogens is 450 g/mol. The molecule has 8 nitrogen and oxygen atoms in total. The first kappa shape index (κ1) is 23.8. The van der Waals surface area contributed by atoms with Crippen molar-refractivity contribution in [3.8, 4) is 0 Å². The van der Waals surface area contributed by atoms with E-state index < -0.39 is 20.0 Å². The molecule has 1 heterocycles. The molecule has 32 heavy (non-hydrogen) atoms. The van der Waals surface area contributed by atoms with Gasteiger partial charge in [-0.1, -0.05) is 5.16 Å². The number of rotatable bonds is 6. The second kappa shape index (κ2) is 8.25. The second-order valence-corrected chi connectivity index (χ2v) is 11.2. The van der Waals surface area contributed by atoms with Crippen LogP contribution in [0.25, 0.3) is 0 Å². The van der Waals surface area contributed by atoms with Crippen LogP contribution in [0.15, 0.2) is 38.6 Å². The summed E-state index contributed by atoms with van der Waals surface area (Å²) in [4.78, 5) is 0.205. The standard InChI is InChI=1S/C22H27N3O5S2/c1-12-13(2)15(4)21(16(5)14(12)3)32(28,29)24-19-8-10-20(11-9-19)31(26,27)25-22-17(6)18(7)23-30-22/h8-11,24-25H,1-7H3. The van der Waals surface area contributed by atoms with Gasteiger partial charge < -0.3 is 4.52 Å². The third-order valence-corrected chi connectivity index (χ3v) is 9.00. The van der Waals surface area contributed by atoms with Crippen molar-refractivity contribution in [1.82, 2.24) is 5.16 Å². The normalized spacial score (nSPS) is 12.1. The van der Waals surface area contributed by atoms with Crippen molar-refractivity contribution >= 4 is 31.6 Å². The van der Waals surface area contributed by atoms with Crippen LogP contribution in [0.5, 0.6) is 0 Å². The summed E-state index contributed by atoms with van der Waals surface area (Å²) in [5.41, 5.74) is 5.74. The van der Waals surface area contributed by atoms with Gasteiger partial charge in [0, 0.05) is 11.3 Å². The lowest BCUT2D eigenvalue weighted by atomic mass is 9.95. The van der Waals surface area contributed by atoms with E-state index in [4.69, 9.17) is 4.52 Å². The summed E-state index contributed by atoms with van der Waals surface area (Å²) in [6.45, 7) is 12.8. The fraction of sp³-hybridized carbons (Fsp3) is 0.318. The second-order valence-electron chi connectivity index (χ2n) is 7.91. The number of aryl methyl sites for hydroxylation is 1. The fourth-order valence-electron chi connectivity index (χ4n) is 3.47. The van der Waals surface area contributed by atoms with Gasteiger partial charge in [-0.15, -0.1) is 0 Å². The lowest BCUT2D eigenvalue weighted by molar-refractivity contribution is 0.430. The van der Waals surface area contributed by atoms with Gasteiger partial charge in [0.2, 0.25) is 5.88 Å². The van der Waals surface area contributed by atoms with Crippen LogP contribution in [0.2, 0.25) is 0 Å². The predicted octanol–water partition coefficient (Wildman–Crippen LogP) is 4.44. The molecule has 0 unspecified atom stereocenters. The van der Waals surface area contributed by atoms with Gasteiger partial charge >= 0.3 is 0 Å². The van der Waals surface area contributed by atoms with Crippen LogP contribution in [0.3, 0.4) is 0 Å². The van der Waals surface area contributed by atoms with Crippen LogP contribution in [0, 0.1) is 48.5 Å². The van der Waals surface area contributed by atoms with E-state index in [1.54, 1.807) is 27.7 Å². The Labute approximate surface area is 189 Å². The van der Waals surface area contributed by atoms with Crippen molar-refractivity contribution in [2.75, 3.05) is 9.44 Å². The number of anilines is 2. The van der Waals surface area contributed by atoms with Crippen LogP contribution in [-0.4, -0.2) is 22.0 Å². The zero-order valence-electron chi connectivity index (χ0n) is 19.1. The molecule has 172 valence electrons. The first-order chi connectivity index (χ1) is 14.8. The molecular formula is C22H27N3O5S2. The van der Waals surface area contributed by atoms with Gasteiger partial charge in [0.05, 0.1) is 15.5 Å². The Balaban J connectivity index is 1.90. The predicted molar refractivity (Wildman–Crippen MR) is 124 cm³/mol. The molecule has 0 fully saturated rings. The monoisotopic (exact) mass is 477 g/mol. The lowest BCUT2D eigenvalue weighted by Crippen LogP contribution is -2.18. The van der Waals surface area contributed by atoms with E-state index in [0.29, 0.717) is 22.4 Å². The lowest BCUT2D eigenvalue weighted by Gasteiger charge is -2.19. The maximum atomic E-state index is 13.2. The van der Waals surface area contributed by atoms with E-state index >= 15 is 0 Å².